The maximum atomic E-state index is 13.1. The Labute approximate surface area is 588 Å². The predicted octanol–water partition coefficient (Wildman–Crippen LogP) is 22.9. The number of esters is 4. The van der Waals surface area contributed by atoms with E-state index in [9.17, 15) is 43.2 Å². The molecule has 19 heteroatoms. The summed E-state index contributed by atoms with van der Waals surface area (Å²) in [4.78, 5) is 72.7. The molecule has 0 radical (unpaired) electrons. The molecular formula is C77H150O17P2. The number of rotatable bonds is 77. The van der Waals surface area contributed by atoms with Crippen LogP contribution in [0.25, 0.3) is 0 Å². The van der Waals surface area contributed by atoms with Crippen molar-refractivity contribution in [1.29, 1.82) is 0 Å². The Morgan fingerprint density at radius 1 is 0.281 bits per heavy atom. The molecule has 0 spiro atoms. The van der Waals surface area contributed by atoms with Gasteiger partial charge in [-0.3, -0.25) is 37.3 Å². The van der Waals surface area contributed by atoms with Gasteiger partial charge < -0.3 is 33.8 Å². The van der Waals surface area contributed by atoms with E-state index in [1.807, 2.05) is 0 Å². The van der Waals surface area contributed by atoms with Crippen molar-refractivity contribution in [3.8, 4) is 0 Å². The quantitative estimate of drug-likeness (QED) is 0.0222. The van der Waals surface area contributed by atoms with Gasteiger partial charge in [-0.15, -0.1) is 0 Å². The summed E-state index contributed by atoms with van der Waals surface area (Å²) in [6, 6.07) is 0. The summed E-state index contributed by atoms with van der Waals surface area (Å²) in [6.45, 7) is 7.23. The van der Waals surface area contributed by atoms with Crippen molar-refractivity contribution in [2.45, 2.75) is 425 Å². The van der Waals surface area contributed by atoms with Gasteiger partial charge in [0, 0.05) is 25.7 Å². The van der Waals surface area contributed by atoms with Crippen LogP contribution in [0.3, 0.4) is 0 Å². The van der Waals surface area contributed by atoms with Gasteiger partial charge in [0.1, 0.15) is 19.3 Å². The van der Waals surface area contributed by atoms with Gasteiger partial charge in [0.2, 0.25) is 0 Å². The lowest BCUT2D eigenvalue weighted by Crippen LogP contribution is -2.30. The Hall–Kier alpha value is -1.94. The van der Waals surface area contributed by atoms with Gasteiger partial charge in [-0.25, -0.2) is 9.13 Å². The highest BCUT2D eigenvalue weighted by Crippen LogP contribution is 2.45. The summed E-state index contributed by atoms with van der Waals surface area (Å²) in [5.74, 6) is -1.40. The first-order valence-corrected chi connectivity index (χ1v) is 43.1. The number of hydrogen-bond donors (Lipinski definition) is 3. The van der Waals surface area contributed by atoms with Gasteiger partial charge in [-0.05, 0) is 31.6 Å². The third kappa shape index (κ3) is 70.5. The van der Waals surface area contributed by atoms with Crippen molar-refractivity contribution < 1.29 is 80.2 Å². The van der Waals surface area contributed by atoms with Crippen LogP contribution < -0.4 is 0 Å². The van der Waals surface area contributed by atoms with Crippen LogP contribution in [0, 0.1) is 5.92 Å². The van der Waals surface area contributed by atoms with Crippen LogP contribution in [0.2, 0.25) is 0 Å². The lowest BCUT2D eigenvalue weighted by molar-refractivity contribution is -0.161. The average molecular weight is 1410 g/mol. The third-order valence-electron chi connectivity index (χ3n) is 18.0. The first-order valence-electron chi connectivity index (χ1n) is 40.1. The van der Waals surface area contributed by atoms with Gasteiger partial charge in [0.25, 0.3) is 0 Å². The Morgan fingerprint density at radius 3 is 0.708 bits per heavy atom. The molecule has 0 aromatic rings. The molecule has 0 heterocycles. The number of carbonyl (C=O) groups excluding carboxylic acids is 4. The van der Waals surface area contributed by atoms with Crippen molar-refractivity contribution in [1.82, 2.24) is 0 Å². The second kappa shape index (κ2) is 70.1. The highest BCUT2D eigenvalue weighted by atomic mass is 31.2. The number of aliphatic hydroxyl groups excluding tert-OH is 1. The van der Waals surface area contributed by atoms with E-state index in [0.29, 0.717) is 25.7 Å². The standard InChI is InChI=1S/C77H150O17P2/c1-6-9-12-15-18-21-23-25-27-29-30-31-32-33-35-37-39-41-47-52-57-62-76(81)93-73(67-88-75(80)61-56-51-46-40-38-36-34-28-26-24-22-19-16-13-10-7-2)69-92-96(85,86)90-65-71(78)64-89-95(83,84)91-68-72(66-87-74(79)60-55-50-45-20-17-14-11-8-3)94-77(82)63-58-53-48-43-42-44-49-54-59-70(4)5/h70-73,78H,6-69H2,1-5H3,(H,83,84)(H,85,86)/t71-,72+,73+/m0/s1. The fraction of sp³-hybridized carbons (Fsp3) is 0.948. The van der Waals surface area contributed by atoms with E-state index in [1.165, 1.54) is 225 Å². The van der Waals surface area contributed by atoms with Crippen LogP contribution in [0.5, 0.6) is 0 Å². The maximum Gasteiger partial charge on any atom is 0.472 e. The molecule has 5 atom stereocenters. The number of ether oxygens (including phenoxy) is 4. The second-order valence-electron chi connectivity index (χ2n) is 28.2. The topological polar surface area (TPSA) is 237 Å². The lowest BCUT2D eigenvalue weighted by Gasteiger charge is -2.21. The van der Waals surface area contributed by atoms with E-state index >= 15 is 0 Å². The highest BCUT2D eigenvalue weighted by Gasteiger charge is 2.30. The molecule has 0 saturated carbocycles. The fourth-order valence-electron chi connectivity index (χ4n) is 11.9. The summed E-state index contributed by atoms with van der Waals surface area (Å²) in [6.07, 6.45) is 59.9. The maximum absolute atomic E-state index is 13.1. The number of unbranched alkanes of at least 4 members (excludes halogenated alkanes) is 49. The molecule has 0 aromatic carbocycles. The van der Waals surface area contributed by atoms with E-state index in [2.05, 4.69) is 34.6 Å². The van der Waals surface area contributed by atoms with Gasteiger partial charge >= 0.3 is 39.5 Å². The van der Waals surface area contributed by atoms with Crippen LogP contribution in [0.4, 0.5) is 0 Å². The zero-order chi connectivity index (χ0) is 70.5. The van der Waals surface area contributed by atoms with Crippen LogP contribution in [-0.4, -0.2) is 96.7 Å². The molecule has 0 aliphatic carbocycles. The summed E-state index contributed by atoms with van der Waals surface area (Å²) < 4.78 is 68.5. The van der Waals surface area contributed by atoms with Crippen LogP contribution in [-0.2, 0) is 65.4 Å². The first kappa shape index (κ1) is 94.1. The van der Waals surface area contributed by atoms with Gasteiger partial charge in [-0.1, -0.05) is 356 Å². The second-order valence-corrected chi connectivity index (χ2v) is 31.1. The number of hydrogen-bond acceptors (Lipinski definition) is 15. The van der Waals surface area contributed by atoms with E-state index in [0.717, 1.165) is 102 Å². The van der Waals surface area contributed by atoms with Crippen LogP contribution in [0.15, 0.2) is 0 Å². The van der Waals surface area contributed by atoms with Gasteiger partial charge in [-0.2, -0.15) is 0 Å². The molecule has 96 heavy (non-hydrogen) atoms. The molecule has 0 rings (SSSR count). The summed E-state index contributed by atoms with van der Waals surface area (Å²) in [5, 5.41) is 10.6. The van der Waals surface area contributed by atoms with E-state index in [1.54, 1.807) is 0 Å². The molecule has 570 valence electrons. The first-order chi connectivity index (χ1) is 46.5. The molecule has 0 aliphatic rings. The monoisotopic (exact) mass is 1410 g/mol. The third-order valence-corrected chi connectivity index (χ3v) is 19.9. The number of phosphoric ester groups is 2. The minimum Gasteiger partial charge on any atom is -0.462 e. The molecule has 0 bridgehead atoms. The van der Waals surface area contributed by atoms with E-state index < -0.39 is 97.5 Å². The molecule has 0 saturated heterocycles. The molecule has 0 amide bonds. The summed E-state index contributed by atoms with van der Waals surface area (Å²) in [7, 11) is -9.91. The largest absolute Gasteiger partial charge is 0.472 e. The van der Waals surface area contributed by atoms with Crippen molar-refractivity contribution >= 4 is 39.5 Å². The molecule has 17 nitrogen and oxygen atoms in total. The van der Waals surface area contributed by atoms with E-state index in [-0.39, 0.29) is 25.7 Å². The van der Waals surface area contributed by atoms with Crippen molar-refractivity contribution in [2.75, 3.05) is 39.6 Å². The minimum absolute atomic E-state index is 0.105. The number of phosphoric acid groups is 2. The zero-order valence-corrected chi connectivity index (χ0v) is 64.3. The Morgan fingerprint density at radius 2 is 0.479 bits per heavy atom. The van der Waals surface area contributed by atoms with Crippen LogP contribution in [0.1, 0.15) is 407 Å². The number of carbonyl (C=O) groups is 4. The fourth-order valence-corrected chi connectivity index (χ4v) is 13.5. The predicted molar refractivity (Wildman–Crippen MR) is 391 cm³/mol. The Kier molecular flexibility index (Phi) is 68.7. The van der Waals surface area contributed by atoms with E-state index in [4.69, 9.17) is 37.0 Å². The summed E-state index contributed by atoms with van der Waals surface area (Å²) in [5.41, 5.74) is 0. The Balaban J connectivity index is 5.17. The van der Waals surface area contributed by atoms with Crippen molar-refractivity contribution in [3.05, 3.63) is 0 Å². The molecular weight excluding hydrogens is 1260 g/mol. The molecule has 0 aliphatic heterocycles. The smallest absolute Gasteiger partial charge is 0.462 e. The Bertz CT molecular complexity index is 1840. The SMILES string of the molecule is CCCCCCCCCCCCCCCCCCCCCCCC(=O)O[C@H](COC(=O)CCCCCCCCCCCCCCCCCC)COP(=O)(O)OC[C@@H](O)COP(=O)(O)OC[C@@H](COC(=O)CCCCCCCCCC)OC(=O)CCCCCCCCCCC(C)C. The average Bonchev–Trinajstić information content (AvgIpc) is 1.16. The molecule has 0 aromatic heterocycles. The normalized spacial score (nSPS) is 13.9. The highest BCUT2D eigenvalue weighted by molar-refractivity contribution is 7.47. The lowest BCUT2D eigenvalue weighted by atomic mass is 10.0. The van der Waals surface area contributed by atoms with Crippen LogP contribution >= 0.6 is 15.6 Å². The van der Waals surface area contributed by atoms with Gasteiger partial charge in [0.05, 0.1) is 26.4 Å². The molecule has 3 N–H and O–H groups in total. The van der Waals surface area contributed by atoms with Crippen molar-refractivity contribution in [2.24, 2.45) is 5.92 Å². The van der Waals surface area contributed by atoms with Crippen molar-refractivity contribution in [3.63, 3.8) is 0 Å². The molecule has 0 fully saturated rings. The number of aliphatic hydroxyl groups is 1. The zero-order valence-electron chi connectivity index (χ0n) is 62.5. The minimum atomic E-state index is -4.96. The van der Waals surface area contributed by atoms with Gasteiger partial charge in [0.15, 0.2) is 12.2 Å². The molecule has 2 unspecified atom stereocenters. The summed E-state index contributed by atoms with van der Waals surface area (Å²) >= 11 is 0.